The average Bonchev–Trinajstić information content (AvgIpc) is 2.20. The summed E-state index contributed by atoms with van der Waals surface area (Å²) in [5.74, 6) is -7.88. The van der Waals surface area contributed by atoms with Gasteiger partial charge in [0, 0.05) is 0 Å². The molecule has 0 aliphatic heterocycles. The molecule has 27 heavy (non-hydrogen) atoms. The molecular weight excluding hydrogens is 402 g/mol. The van der Waals surface area contributed by atoms with Gasteiger partial charge in [0.05, 0.1) is 0 Å². The Morgan fingerprint density at radius 3 is 0.630 bits per heavy atom. The van der Waals surface area contributed by atoms with Gasteiger partial charge < -0.3 is 45.3 Å². The van der Waals surface area contributed by atoms with Crippen molar-refractivity contribution >= 4 is 43.6 Å². The molecule has 0 aliphatic rings. The summed E-state index contributed by atoms with van der Waals surface area (Å²) in [6.07, 6.45) is -2.42. The zero-order chi connectivity index (χ0) is 22.1. The predicted molar refractivity (Wildman–Crippen MR) is 71.7 cm³/mol. The van der Waals surface area contributed by atoms with E-state index >= 15 is 0 Å². The second-order valence-corrected chi connectivity index (χ2v) is 4.36. The van der Waals surface area contributed by atoms with E-state index in [1.807, 2.05) is 0 Å². The summed E-state index contributed by atoms with van der Waals surface area (Å²) in [5, 5.41) is 46.2. The van der Waals surface area contributed by atoms with Crippen molar-refractivity contribution in [2.75, 3.05) is 0 Å². The van der Waals surface area contributed by atoms with Crippen LogP contribution in [0.5, 0.6) is 0 Å². The van der Waals surface area contributed by atoms with Crippen LogP contribution in [-0.2, 0) is 33.3 Å². The van der Waals surface area contributed by atoms with Crippen LogP contribution < -0.4 is 23.8 Å². The molecule has 0 spiro atoms. The van der Waals surface area contributed by atoms with E-state index in [1.165, 1.54) is 0 Å². The third-order valence-electron chi connectivity index (χ3n) is 0.907. The molecule has 0 aromatic rings. The van der Waals surface area contributed by atoms with Gasteiger partial charge in [-0.05, 0) is 0 Å². The molecule has 0 heterocycles. The first-order valence-electron chi connectivity index (χ1n) is 5.45. The largest absolute Gasteiger partial charge is 1.00 e. The number of carboxylic acids is 6. The quantitative estimate of drug-likeness (QED) is 0.113. The topological polar surface area (TPSA) is 304 Å². The number of rotatable bonds is 6. The molecule has 0 amide bonds. The van der Waals surface area contributed by atoms with Gasteiger partial charge in [0.1, 0.15) is 19.3 Å². The molecule has 0 aromatic heterocycles. The third-order valence-corrected chi connectivity index (χ3v) is 0.907. The number of phosphoric acid groups is 1. The Bertz CT molecular complexity index is 444. The molecule has 0 aromatic carbocycles. The molecule has 0 aliphatic carbocycles. The molecule has 16 nitrogen and oxygen atoms in total. The van der Waals surface area contributed by atoms with E-state index in [4.69, 9.17) is 49.9 Å². The molecule has 0 saturated carbocycles. The fraction of sp³-hybridized carbons (Fsp3) is 0.333. The summed E-state index contributed by atoms with van der Waals surface area (Å²) in [4.78, 5) is 79.5. The maximum atomic E-state index is 9.43. The van der Waals surface area contributed by atoms with Crippen molar-refractivity contribution < 1.29 is 97.5 Å². The van der Waals surface area contributed by atoms with Crippen LogP contribution in [0.1, 0.15) is 19.3 Å². The van der Waals surface area contributed by atoms with Crippen molar-refractivity contribution in [1.82, 2.24) is 0 Å². The summed E-state index contributed by atoms with van der Waals surface area (Å²) in [6, 6.07) is 0. The van der Waals surface area contributed by atoms with Crippen molar-refractivity contribution in [3.63, 3.8) is 0 Å². The molecule has 0 unspecified atom stereocenters. The van der Waals surface area contributed by atoms with Crippen LogP contribution in [0.2, 0.25) is 0 Å². The van der Waals surface area contributed by atoms with Crippen molar-refractivity contribution in [3.05, 3.63) is 0 Å². The number of aliphatic carboxylic acids is 6. The van der Waals surface area contributed by atoms with Gasteiger partial charge in [0.15, 0.2) is 0 Å². The summed E-state index contributed by atoms with van der Waals surface area (Å²) in [6.45, 7) is 0. The minimum atomic E-state index is -4.89. The minimum absolute atomic E-state index is 0. The SMILES string of the molecule is O=C(O)CC(=O)O.O=C(O)CC(=O)O.O=C(O)CC(=O)O.O=P([O-])(O)O.[Li+]. The van der Waals surface area contributed by atoms with E-state index in [-0.39, 0.29) is 18.9 Å². The van der Waals surface area contributed by atoms with Crippen LogP contribution in [-0.4, -0.2) is 76.2 Å². The molecule has 0 saturated heterocycles. The van der Waals surface area contributed by atoms with Crippen LogP contribution in [0.3, 0.4) is 0 Å². The summed E-state index contributed by atoms with van der Waals surface area (Å²) < 4.78 is 8.77. The number of carboxylic acid groups (broad SMARTS) is 6. The van der Waals surface area contributed by atoms with Crippen LogP contribution in [0, 0.1) is 0 Å². The fourth-order valence-electron chi connectivity index (χ4n) is 0.388. The van der Waals surface area contributed by atoms with Gasteiger partial charge in [-0.2, -0.15) is 0 Å². The van der Waals surface area contributed by atoms with Crippen molar-refractivity contribution in [2.45, 2.75) is 19.3 Å². The maximum Gasteiger partial charge on any atom is 1.00 e. The monoisotopic (exact) mass is 416 g/mol. The van der Waals surface area contributed by atoms with Gasteiger partial charge in [-0.3, -0.25) is 33.3 Å². The van der Waals surface area contributed by atoms with E-state index in [2.05, 4.69) is 0 Å². The first-order valence-corrected chi connectivity index (χ1v) is 6.98. The van der Waals surface area contributed by atoms with Crippen LogP contribution in [0.15, 0.2) is 0 Å². The van der Waals surface area contributed by atoms with E-state index < -0.39 is 62.9 Å². The van der Waals surface area contributed by atoms with Crippen LogP contribution in [0.4, 0.5) is 0 Å². The van der Waals surface area contributed by atoms with Crippen molar-refractivity contribution in [1.29, 1.82) is 0 Å². The smallest absolute Gasteiger partial charge is 0.756 e. The zero-order valence-corrected chi connectivity index (χ0v) is 14.3. The maximum absolute atomic E-state index is 9.43. The van der Waals surface area contributed by atoms with E-state index in [0.29, 0.717) is 0 Å². The third kappa shape index (κ3) is 120. The number of hydrogen-bond donors (Lipinski definition) is 8. The molecule has 0 fully saturated rings. The molecule has 0 atom stereocenters. The van der Waals surface area contributed by atoms with Gasteiger partial charge in [0.25, 0.3) is 7.82 Å². The Labute approximate surface area is 161 Å². The molecule has 0 rings (SSSR count). The molecular formula is C9H14LiO16P. The Balaban J connectivity index is -0.0000000793. The number of hydrogen-bond acceptors (Lipinski definition) is 8. The molecule has 0 bridgehead atoms. The van der Waals surface area contributed by atoms with Crippen molar-refractivity contribution in [2.24, 2.45) is 0 Å². The standard InChI is InChI=1S/3C3H4O4.Li.H3O4P/c3*4-2(5)1-3(6)7;;1-5(2,3)4/h3*1H2,(H,4,5)(H,6,7);;(H3,1,2,3,4)/q;;;+1;/p-1. The molecule has 0 radical (unpaired) electrons. The van der Waals surface area contributed by atoms with Crippen LogP contribution >= 0.6 is 7.82 Å². The molecule has 18 heteroatoms. The van der Waals surface area contributed by atoms with Gasteiger partial charge in [0.2, 0.25) is 0 Å². The average molecular weight is 416 g/mol. The van der Waals surface area contributed by atoms with E-state index in [9.17, 15) is 28.8 Å². The summed E-state index contributed by atoms with van der Waals surface area (Å²) in [5.41, 5.74) is 0. The van der Waals surface area contributed by atoms with E-state index in [1.54, 1.807) is 0 Å². The Morgan fingerprint density at radius 1 is 0.556 bits per heavy atom. The summed E-state index contributed by atoms with van der Waals surface area (Å²) >= 11 is 0. The second kappa shape index (κ2) is 19.8. The van der Waals surface area contributed by atoms with Crippen LogP contribution in [0.25, 0.3) is 0 Å². The molecule has 152 valence electrons. The molecule has 8 N–H and O–H groups in total. The zero-order valence-electron chi connectivity index (χ0n) is 13.4. The second-order valence-electron chi connectivity index (χ2n) is 3.38. The Hall–Kier alpha value is -2.47. The van der Waals surface area contributed by atoms with E-state index in [0.717, 1.165) is 0 Å². The first kappa shape index (κ1) is 35.6. The fourth-order valence-corrected chi connectivity index (χ4v) is 0.388. The van der Waals surface area contributed by atoms with Gasteiger partial charge in [-0.15, -0.1) is 0 Å². The van der Waals surface area contributed by atoms with Gasteiger partial charge >= 0.3 is 54.7 Å². The Morgan fingerprint density at radius 2 is 0.630 bits per heavy atom. The minimum Gasteiger partial charge on any atom is -0.756 e. The van der Waals surface area contributed by atoms with Crippen molar-refractivity contribution in [3.8, 4) is 0 Å². The van der Waals surface area contributed by atoms with Gasteiger partial charge in [-0.1, -0.05) is 0 Å². The first-order chi connectivity index (χ1) is 11.4. The predicted octanol–water partition coefficient (Wildman–Crippen LogP) is -5.92. The Kier molecular flexibility index (Phi) is 26.2. The van der Waals surface area contributed by atoms with Gasteiger partial charge in [-0.25, -0.2) is 0 Å². The normalized spacial score (nSPS) is 8.41. The summed E-state index contributed by atoms with van der Waals surface area (Å²) in [7, 11) is -4.89. The number of carbonyl (C=O) groups is 6.